The number of halogens is 3. The number of aromatic hydroxyl groups is 1. The number of ether oxygens (including phenoxy) is 2. The van der Waals surface area contributed by atoms with Gasteiger partial charge in [-0.15, -0.1) is 0 Å². The van der Waals surface area contributed by atoms with Crippen LogP contribution in [0, 0.1) is 11.8 Å². The van der Waals surface area contributed by atoms with Gasteiger partial charge in [-0.1, -0.05) is 77.2 Å². The summed E-state index contributed by atoms with van der Waals surface area (Å²) in [5.74, 6) is 0.434. The number of esters is 1. The second-order valence-corrected chi connectivity index (χ2v) is 12.4. The van der Waals surface area contributed by atoms with Gasteiger partial charge in [0, 0.05) is 14.5 Å². The van der Waals surface area contributed by atoms with E-state index in [1.165, 1.54) is 18.2 Å². The standard InChI is InChI=1S/C17H15ClO3.C12H14O3.C6H4BrCl.C2H6/c18-14-2-1-3-15(10-14)21-16-7-6-11-4-5-12(17(19)20)8-13(11)9-16;1-15-12(14)9-3-2-8-4-5-11(13)7-10(8)6-9;7-5-2-1-3-6(8)4-5;1-2/h1-3,6-7,9-10,12H,4-5,8H2,(H,19,20);4-5,7,9,13H,2-3,6H2,1H3;1-4H;1-2H3. The minimum absolute atomic E-state index is 0.0516. The maximum absolute atomic E-state index is 11.4. The highest BCUT2D eigenvalue weighted by Crippen LogP contribution is 2.32. The van der Waals surface area contributed by atoms with Gasteiger partial charge in [0.1, 0.15) is 17.2 Å². The number of fused-ring (bicyclic) bond motifs is 2. The lowest BCUT2D eigenvalue weighted by molar-refractivity contribution is -0.146. The zero-order chi connectivity index (χ0) is 33.6. The molecular formula is C37H39BrCl2O6. The number of aryl methyl sites for hydroxylation is 2. The summed E-state index contributed by atoms with van der Waals surface area (Å²) in [5.41, 5.74) is 4.57. The predicted octanol–water partition coefficient (Wildman–Crippen LogP) is 10.1. The maximum Gasteiger partial charge on any atom is 0.309 e. The molecule has 0 saturated heterocycles. The number of benzene rings is 4. The molecule has 0 heterocycles. The third-order valence-electron chi connectivity index (χ3n) is 7.53. The number of rotatable bonds is 4. The van der Waals surface area contributed by atoms with Crippen molar-refractivity contribution < 1.29 is 29.3 Å². The van der Waals surface area contributed by atoms with Crippen LogP contribution < -0.4 is 4.74 Å². The molecule has 0 aromatic heterocycles. The molecule has 2 N–H and O–H groups in total. The maximum atomic E-state index is 11.4. The van der Waals surface area contributed by atoms with Crippen LogP contribution in [-0.2, 0) is 40.0 Å². The molecule has 6 nitrogen and oxygen atoms in total. The van der Waals surface area contributed by atoms with Gasteiger partial charge in [-0.25, -0.2) is 0 Å². The molecule has 0 fully saturated rings. The van der Waals surface area contributed by atoms with E-state index in [1.54, 1.807) is 24.3 Å². The van der Waals surface area contributed by atoms with E-state index in [0.717, 1.165) is 39.9 Å². The first-order valence-electron chi connectivity index (χ1n) is 15.2. The molecule has 9 heteroatoms. The van der Waals surface area contributed by atoms with Gasteiger partial charge in [-0.05, 0) is 121 Å². The van der Waals surface area contributed by atoms with Crippen LogP contribution in [0.3, 0.4) is 0 Å². The van der Waals surface area contributed by atoms with Crippen molar-refractivity contribution in [2.24, 2.45) is 11.8 Å². The molecule has 0 aliphatic heterocycles. The summed E-state index contributed by atoms with van der Waals surface area (Å²) >= 11 is 14.8. The van der Waals surface area contributed by atoms with Gasteiger partial charge in [0.05, 0.1) is 18.9 Å². The molecule has 2 unspecified atom stereocenters. The highest BCUT2D eigenvalue weighted by Gasteiger charge is 2.26. The summed E-state index contributed by atoms with van der Waals surface area (Å²) in [6.45, 7) is 4.00. The van der Waals surface area contributed by atoms with Gasteiger partial charge in [0.15, 0.2) is 0 Å². The second-order valence-electron chi connectivity index (χ2n) is 10.6. The number of carbonyl (C=O) groups is 2. The van der Waals surface area contributed by atoms with E-state index in [9.17, 15) is 14.7 Å². The topological polar surface area (TPSA) is 93.1 Å². The summed E-state index contributed by atoms with van der Waals surface area (Å²) in [7, 11) is 1.42. The minimum atomic E-state index is -0.721. The average molecular weight is 731 g/mol. The Balaban J connectivity index is 0.000000200. The lowest BCUT2D eigenvalue weighted by Crippen LogP contribution is -2.23. The van der Waals surface area contributed by atoms with Crippen LogP contribution in [0.25, 0.3) is 0 Å². The number of carboxylic acid groups (broad SMARTS) is 1. The molecule has 2 aliphatic carbocycles. The number of phenolic OH excluding ortho intramolecular Hbond substituents is 1. The van der Waals surface area contributed by atoms with E-state index in [2.05, 4.69) is 15.9 Å². The van der Waals surface area contributed by atoms with Crippen molar-refractivity contribution in [2.45, 2.75) is 52.4 Å². The van der Waals surface area contributed by atoms with Crippen LogP contribution in [0.1, 0.15) is 48.9 Å². The first-order chi connectivity index (χ1) is 22.1. The number of carbonyl (C=O) groups excluding carboxylic acids is 1. The lowest BCUT2D eigenvalue weighted by Gasteiger charge is -2.22. The van der Waals surface area contributed by atoms with Crippen molar-refractivity contribution in [1.29, 1.82) is 0 Å². The number of phenols is 1. The van der Waals surface area contributed by atoms with Gasteiger partial charge in [-0.2, -0.15) is 0 Å². The van der Waals surface area contributed by atoms with Gasteiger partial charge >= 0.3 is 11.9 Å². The molecule has 6 rings (SSSR count). The molecule has 0 bridgehead atoms. The Morgan fingerprint density at radius 1 is 0.739 bits per heavy atom. The van der Waals surface area contributed by atoms with Crippen LogP contribution in [0.15, 0.2) is 89.4 Å². The third-order valence-corrected chi connectivity index (χ3v) is 8.49. The number of aliphatic carboxylic acids is 1. The van der Waals surface area contributed by atoms with Crippen LogP contribution >= 0.6 is 39.1 Å². The van der Waals surface area contributed by atoms with Gasteiger partial charge < -0.3 is 19.7 Å². The summed E-state index contributed by atoms with van der Waals surface area (Å²) in [4.78, 5) is 22.5. The fourth-order valence-corrected chi connectivity index (χ4v) is 6.15. The fourth-order valence-electron chi connectivity index (χ4n) is 5.25. The van der Waals surface area contributed by atoms with Gasteiger partial charge in [0.25, 0.3) is 0 Å². The summed E-state index contributed by atoms with van der Waals surface area (Å²) in [5, 5.41) is 19.9. The van der Waals surface area contributed by atoms with Crippen LogP contribution in [0.2, 0.25) is 10.0 Å². The molecule has 0 radical (unpaired) electrons. The van der Waals surface area contributed by atoms with Crippen molar-refractivity contribution in [3.8, 4) is 17.2 Å². The Hall–Kier alpha value is -3.52. The van der Waals surface area contributed by atoms with Crippen molar-refractivity contribution in [1.82, 2.24) is 0 Å². The third kappa shape index (κ3) is 11.4. The first-order valence-corrected chi connectivity index (χ1v) is 16.7. The molecule has 0 saturated carbocycles. The predicted molar refractivity (Wildman–Crippen MR) is 187 cm³/mol. The van der Waals surface area contributed by atoms with E-state index < -0.39 is 5.97 Å². The molecule has 0 amide bonds. The van der Waals surface area contributed by atoms with Crippen LogP contribution in [0.4, 0.5) is 0 Å². The van der Waals surface area contributed by atoms with Gasteiger partial charge in [0.2, 0.25) is 0 Å². The number of methoxy groups -OCH3 is 1. The van der Waals surface area contributed by atoms with Crippen LogP contribution in [-0.4, -0.2) is 29.3 Å². The lowest BCUT2D eigenvalue weighted by atomic mass is 9.84. The Bertz CT molecular complexity index is 1590. The number of hydrogen-bond donors (Lipinski definition) is 2. The second kappa shape index (κ2) is 18.6. The molecular weight excluding hydrogens is 691 g/mol. The molecule has 4 aromatic rings. The normalized spacial score (nSPS) is 15.9. The highest BCUT2D eigenvalue weighted by molar-refractivity contribution is 9.10. The highest BCUT2D eigenvalue weighted by atomic mass is 79.9. The minimum Gasteiger partial charge on any atom is -0.508 e. The average Bonchev–Trinajstić information content (AvgIpc) is 3.05. The number of hydrogen-bond acceptors (Lipinski definition) is 5. The van der Waals surface area contributed by atoms with E-state index in [0.29, 0.717) is 35.8 Å². The van der Waals surface area contributed by atoms with E-state index in [-0.39, 0.29) is 23.6 Å². The van der Waals surface area contributed by atoms with E-state index in [1.807, 2.05) is 74.5 Å². The largest absolute Gasteiger partial charge is 0.508 e. The Labute approximate surface area is 289 Å². The van der Waals surface area contributed by atoms with Crippen LogP contribution in [0.5, 0.6) is 17.2 Å². The summed E-state index contributed by atoms with van der Waals surface area (Å²) in [6, 6.07) is 26.0. The fraction of sp³-hybridized carbons (Fsp3) is 0.297. The smallest absolute Gasteiger partial charge is 0.309 e. The number of carboxylic acids is 1. The first kappa shape index (κ1) is 36.9. The Morgan fingerprint density at radius 2 is 1.30 bits per heavy atom. The Morgan fingerprint density at radius 3 is 1.89 bits per heavy atom. The van der Waals surface area contributed by atoms with Crippen molar-refractivity contribution in [3.63, 3.8) is 0 Å². The van der Waals surface area contributed by atoms with Crippen molar-refractivity contribution in [3.05, 3.63) is 122 Å². The molecule has 0 spiro atoms. The van der Waals surface area contributed by atoms with E-state index in [4.69, 9.17) is 37.8 Å². The molecule has 244 valence electrons. The molecule has 2 aliphatic rings. The monoisotopic (exact) mass is 728 g/mol. The molecule has 2 atom stereocenters. The SMILES string of the molecule is CC.COC(=O)C1CCc2ccc(O)cc2C1.Clc1cccc(Br)c1.O=C(O)C1CCc2ccc(Oc3cccc(Cl)c3)cc2C1. The van der Waals surface area contributed by atoms with E-state index >= 15 is 0 Å². The van der Waals surface area contributed by atoms with Gasteiger partial charge in [-0.3, -0.25) is 9.59 Å². The summed E-state index contributed by atoms with van der Waals surface area (Å²) < 4.78 is 11.5. The summed E-state index contributed by atoms with van der Waals surface area (Å²) in [6.07, 6.45) is 4.48. The quantitative estimate of drug-likeness (QED) is 0.203. The zero-order valence-electron chi connectivity index (χ0n) is 26.1. The van der Waals surface area contributed by atoms with Crippen molar-refractivity contribution >= 4 is 51.1 Å². The van der Waals surface area contributed by atoms with Crippen molar-refractivity contribution in [2.75, 3.05) is 7.11 Å². The zero-order valence-corrected chi connectivity index (χ0v) is 29.2. The molecule has 46 heavy (non-hydrogen) atoms. The molecule has 4 aromatic carbocycles. The Kier molecular flexibility index (Phi) is 14.9.